The van der Waals surface area contributed by atoms with Crippen LogP contribution in [0.25, 0.3) is 0 Å². The van der Waals surface area contributed by atoms with Gasteiger partial charge in [-0.15, -0.1) is 0 Å². The van der Waals surface area contributed by atoms with Crippen LogP contribution in [0.5, 0.6) is 0 Å². The lowest BCUT2D eigenvalue weighted by atomic mass is 10.3. The average molecular weight is 210 g/mol. The van der Waals surface area contributed by atoms with Crippen molar-refractivity contribution in [3.8, 4) is 0 Å². The van der Waals surface area contributed by atoms with E-state index in [2.05, 4.69) is 17.4 Å². The lowest BCUT2D eigenvalue weighted by molar-refractivity contribution is -0.590. The van der Waals surface area contributed by atoms with Crippen molar-refractivity contribution in [2.45, 2.75) is 6.54 Å². The van der Waals surface area contributed by atoms with Gasteiger partial charge in [0, 0.05) is 0 Å². The van der Waals surface area contributed by atoms with Gasteiger partial charge in [0.25, 0.3) is 0 Å². The number of hydrogen-bond acceptors (Lipinski definition) is 1. The summed E-state index contributed by atoms with van der Waals surface area (Å²) in [7, 11) is 0. The molecule has 2 rings (SSSR count). The fourth-order valence-electron chi connectivity index (χ4n) is 1.24. The van der Waals surface area contributed by atoms with Gasteiger partial charge in [-0.2, -0.15) is 0 Å². The van der Waals surface area contributed by atoms with Crippen LogP contribution in [0.15, 0.2) is 53.1 Å². The first-order valence-corrected chi connectivity index (χ1v) is 4.36. The highest BCUT2D eigenvalue weighted by Crippen LogP contribution is 1.99. The Kier molecular flexibility index (Phi) is 4.23. The first kappa shape index (κ1) is 10.8. The minimum absolute atomic E-state index is 0. The fraction of sp³-hybridized carbons (Fsp3) is 0.0909. The van der Waals surface area contributed by atoms with E-state index in [0.29, 0.717) is 0 Å². The summed E-state index contributed by atoms with van der Waals surface area (Å²) >= 11 is 0. The van der Waals surface area contributed by atoms with Crippen LogP contribution >= 0.6 is 0 Å². The Morgan fingerprint density at radius 1 is 1.00 bits per heavy atom. The van der Waals surface area contributed by atoms with Crippen LogP contribution in [0.2, 0.25) is 0 Å². The molecule has 0 aliphatic heterocycles. The molecule has 0 fully saturated rings. The second kappa shape index (κ2) is 5.47. The number of nitrogens with two attached hydrogens (primary N) is 1. The first-order valence-electron chi connectivity index (χ1n) is 4.36. The molecule has 0 bridgehead atoms. The predicted octanol–water partition coefficient (Wildman–Crippen LogP) is -1.32. The largest absolute Gasteiger partial charge is 1.00 e. The smallest absolute Gasteiger partial charge is 0.158 e. The topological polar surface area (TPSA) is 29.8 Å². The monoisotopic (exact) mass is 209 g/mol. The predicted molar refractivity (Wildman–Crippen MR) is 50.4 cm³/mol. The SMILES string of the molecule is [Cl-].c1ccc([NH2+]Cc2ccco2)cc1. The lowest BCUT2D eigenvalue weighted by Crippen LogP contribution is -3.00. The van der Waals surface area contributed by atoms with Crippen LogP contribution in [0.4, 0.5) is 5.69 Å². The van der Waals surface area contributed by atoms with Crippen molar-refractivity contribution in [3.05, 3.63) is 54.5 Å². The Morgan fingerprint density at radius 3 is 2.43 bits per heavy atom. The minimum Gasteiger partial charge on any atom is -1.00 e. The van der Waals surface area contributed by atoms with Gasteiger partial charge in [0.15, 0.2) is 5.76 Å². The van der Waals surface area contributed by atoms with Crippen molar-refractivity contribution < 1.29 is 22.1 Å². The Morgan fingerprint density at radius 2 is 1.79 bits per heavy atom. The molecule has 0 atom stereocenters. The molecular weight excluding hydrogens is 198 g/mol. The zero-order valence-corrected chi connectivity index (χ0v) is 8.45. The number of benzene rings is 1. The van der Waals surface area contributed by atoms with Crippen LogP contribution in [0, 0.1) is 0 Å². The standard InChI is InChI=1S/C11H11NO.ClH/c1-2-5-10(6-3-1)12-9-11-7-4-8-13-11;/h1-8,12H,9H2;1H. The molecule has 0 aliphatic rings. The maximum atomic E-state index is 5.22. The molecule has 0 radical (unpaired) electrons. The molecule has 2 nitrogen and oxygen atoms in total. The van der Waals surface area contributed by atoms with E-state index < -0.39 is 0 Å². The van der Waals surface area contributed by atoms with E-state index in [0.717, 1.165) is 12.3 Å². The third-order valence-corrected chi connectivity index (χ3v) is 1.92. The zero-order valence-electron chi connectivity index (χ0n) is 7.69. The highest BCUT2D eigenvalue weighted by molar-refractivity contribution is 5.26. The van der Waals surface area contributed by atoms with Crippen molar-refractivity contribution in [3.63, 3.8) is 0 Å². The summed E-state index contributed by atoms with van der Waals surface area (Å²) in [5, 5.41) is 2.15. The molecule has 0 saturated carbocycles. The molecule has 74 valence electrons. The van der Waals surface area contributed by atoms with Gasteiger partial charge in [-0.1, -0.05) is 18.2 Å². The van der Waals surface area contributed by atoms with Crippen molar-refractivity contribution in [1.29, 1.82) is 0 Å². The van der Waals surface area contributed by atoms with E-state index in [1.54, 1.807) is 6.26 Å². The van der Waals surface area contributed by atoms with E-state index in [4.69, 9.17) is 4.42 Å². The van der Waals surface area contributed by atoms with E-state index in [1.807, 2.05) is 30.3 Å². The Labute approximate surface area is 89.4 Å². The maximum absolute atomic E-state index is 5.22. The summed E-state index contributed by atoms with van der Waals surface area (Å²) in [4.78, 5) is 0. The van der Waals surface area contributed by atoms with Crippen molar-refractivity contribution in [2.75, 3.05) is 0 Å². The Balaban J connectivity index is 0.000000980. The number of quaternary nitrogens is 1. The number of halogens is 1. The second-order valence-corrected chi connectivity index (χ2v) is 2.90. The van der Waals surface area contributed by atoms with Gasteiger partial charge in [-0.25, -0.2) is 0 Å². The fourth-order valence-corrected chi connectivity index (χ4v) is 1.24. The molecule has 0 aliphatic carbocycles. The Bertz CT molecular complexity index is 345. The first-order chi connectivity index (χ1) is 6.45. The van der Waals surface area contributed by atoms with Gasteiger partial charge < -0.3 is 22.1 Å². The van der Waals surface area contributed by atoms with Gasteiger partial charge in [-0.3, -0.25) is 0 Å². The highest BCUT2D eigenvalue weighted by Gasteiger charge is 1.98. The molecule has 2 N–H and O–H groups in total. The van der Waals surface area contributed by atoms with Crippen LogP contribution in [-0.4, -0.2) is 0 Å². The van der Waals surface area contributed by atoms with E-state index in [9.17, 15) is 0 Å². The van der Waals surface area contributed by atoms with Crippen molar-refractivity contribution in [1.82, 2.24) is 0 Å². The van der Waals surface area contributed by atoms with Gasteiger partial charge in [0.2, 0.25) is 0 Å². The summed E-state index contributed by atoms with van der Waals surface area (Å²) in [5.41, 5.74) is 1.24. The second-order valence-electron chi connectivity index (χ2n) is 2.90. The van der Waals surface area contributed by atoms with Crippen LogP contribution in [-0.2, 0) is 6.54 Å². The van der Waals surface area contributed by atoms with E-state index in [-0.39, 0.29) is 12.4 Å². The van der Waals surface area contributed by atoms with Crippen molar-refractivity contribution in [2.24, 2.45) is 0 Å². The normalized spacial score (nSPS) is 9.43. The minimum atomic E-state index is 0. The van der Waals surface area contributed by atoms with Crippen LogP contribution in [0.1, 0.15) is 5.76 Å². The molecule has 14 heavy (non-hydrogen) atoms. The summed E-state index contributed by atoms with van der Waals surface area (Å²) in [6, 6.07) is 14.2. The quantitative estimate of drug-likeness (QED) is 0.625. The summed E-state index contributed by atoms with van der Waals surface area (Å²) in [6.45, 7) is 0.858. The Hall–Kier alpha value is -1.25. The average Bonchev–Trinajstić information content (AvgIpc) is 2.69. The third-order valence-electron chi connectivity index (χ3n) is 1.92. The summed E-state index contributed by atoms with van der Waals surface area (Å²) in [6.07, 6.45) is 1.70. The number of hydrogen-bond donors (Lipinski definition) is 1. The molecule has 0 saturated heterocycles. The van der Waals surface area contributed by atoms with Gasteiger partial charge >= 0.3 is 0 Å². The molecule has 3 heteroatoms. The molecule has 1 heterocycles. The van der Waals surface area contributed by atoms with Crippen molar-refractivity contribution >= 4 is 5.69 Å². The van der Waals surface area contributed by atoms with Crippen LogP contribution in [0.3, 0.4) is 0 Å². The van der Waals surface area contributed by atoms with Gasteiger partial charge in [-0.05, 0) is 24.3 Å². The molecular formula is C11H12ClNO. The van der Waals surface area contributed by atoms with Gasteiger partial charge in [0.1, 0.15) is 12.2 Å². The molecule has 0 amide bonds. The maximum Gasteiger partial charge on any atom is 0.158 e. The summed E-state index contributed by atoms with van der Waals surface area (Å²) < 4.78 is 5.22. The third kappa shape index (κ3) is 2.91. The number of para-hydroxylation sites is 1. The molecule has 1 aromatic heterocycles. The molecule has 1 aromatic carbocycles. The summed E-state index contributed by atoms with van der Waals surface area (Å²) in [5.74, 6) is 1.00. The zero-order chi connectivity index (χ0) is 8.93. The van der Waals surface area contributed by atoms with E-state index >= 15 is 0 Å². The van der Waals surface area contributed by atoms with Gasteiger partial charge in [0.05, 0.1) is 6.26 Å². The molecule has 0 unspecified atom stereocenters. The van der Waals surface area contributed by atoms with E-state index in [1.165, 1.54) is 5.69 Å². The molecule has 2 aromatic rings. The molecule has 0 spiro atoms. The lowest BCUT2D eigenvalue weighted by Gasteiger charge is -1.96. The highest BCUT2D eigenvalue weighted by atomic mass is 35.5. The number of rotatable bonds is 3. The number of furan rings is 1. The van der Waals surface area contributed by atoms with Crippen LogP contribution < -0.4 is 17.7 Å².